The minimum absolute atomic E-state index is 0.193. The summed E-state index contributed by atoms with van der Waals surface area (Å²) in [5.74, 6) is -0.262. The van der Waals surface area contributed by atoms with E-state index in [9.17, 15) is 14.9 Å². The number of aryl methyl sites for hydroxylation is 2. The van der Waals surface area contributed by atoms with Crippen LogP contribution in [0, 0.1) is 10.1 Å². The van der Waals surface area contributed by atoms with E-state index in [-0.39, 0.29) is 22.9 Å². The lowest BCUT2D eigenvalue weighted by molar-refractivity contribution is -0.384. The fourth-order valence-corrected chi connectivity index (χ4v) is 1.97. The number of nitrogens with two attached hydrogens (primary N) is 2. The molecule has 0 spiro atoms. The van der Waals surface area contributed by atoms with Crippen LogP contribution in [-0.4, -0.2) is 26.2 Å². The largest absolute Gasteiger partial charge is 0.369 e. The number of hydrogen-bond donors (Lipinski definition) is 2. The number of aromatic nitrogens is 2. The first-order valence-electron chi connectivity index (χ1n) is 5.78. The molecule has 0 fully saturated rings. The van der Waals surface area contributed by atoms with E-state index in [1.165, 1.54) is 21.3 Å². The topological polar surface area (TPSA) is 147 Å². The van der Waals surface area contributed by atoms with Crippen LogP contribution >= 0.6 is 0 Å². The van der Waals surface area contributed by atoms with Gasteiger partial charge in [-0.2, -0.15) is 5.10 Å². The molecule has 0 saturated carbocycles. The molecule has 0 amide bonds. The molecular formula is C11H13N7O3. The highest BCUT2D eigenvalue weighted by Crippen LogP contribution is 2.23. The molecule has 0 radical (unpaired) electrons. The zero-order valence-corrected chi connectivity index (χ0v) is 11.3. The Kier molecular flexibility index (Phi) is 3.44. The molecule has 21 heavy (non-hydrogen) atoms. The number of nitro benzene ring substituents is 1. The van der Waals surface area contributed by atoms with Crippen molar-refractivity contribution in [3.63, 3.8) is 0 Å². The van der Waals surface area contributed by atoms with Crippen LogP contribution in [0.15, 0.2) is 27.1 Å². The van der Waals surface area contributed by atoms with Gasteiger partial charge < -0.3 is 11.5 Å². The van der Waals surface area contributed by atoms with Crippen LogP contribution in [0.25, 0.3) is 11.0 Å². The van der Waals surface area contributed by atoms with Crippen molar-refractivity contribution < 1.29 is 4.92 Å². The van der Waals surface area contributed by atoms with Crippen molar-refractivity contribution in [3.05, 3.63) is 38.3 Å². The average Bonchev–Trinajstić information content (AvgIpc) is 2.62. The third kappa shape index (κ3) is 2.45. The lowest BCUT2D eigenvalue weighted by Gasteiger charge is -2.00. The predicted molar refractivity (Wildman–Crippen MR) is 78.2 cm³/mol. The Balaban J connectivity index is 2.74. The molecular weight excluding hydrogens is 278 g/mol. The Morgan fingerprint density at radius 2 is 1.86 bits per heavy atom. The molecule has 0 aliphatic heterocycles. The summed E-state index contributed by atoms with van der Waals surface area (Å²) in [7, 11) is 3.12. The summed E-state index contributed by atoms with van der Waals surface area (Å²) in [5, 5.41) is 18.1. The van der Waals surface area contributed by atoms with Gasteiger partial charge in [0.15, 0.2) is 0 Å². The first kappa shape index (κ1) is 14.2. The second-order valence-electron chi connectivity index (χ2n) is 4.33. The fourth-order valence-electron chi connectivity index (χ4n) is 1.97. The van der Waals surface area contributed by atoms with Gasteiger partial charge in [-0.15, -0.1) is 5.10 Å². The molecule has 0 saturated heterocycles. The summed E-state index contributed by atoms with van der Waals surface area (Å²) < 4.78 is 2.72. The number of imidazole rings is 1. The first-order chi connectivity index (χ1) is 9.82. The van der Waals surface area contributed by atoms with Gasteiger partial charge in [0, 0.05) is 20.2 Å². The summed E-state index contributed by atoms with van der Waals surface area (Å²) in [6.07, 6.45) is 1.16. The first-order valence-corrected chi connectivity index (χ1v) is 5.78. The van der Waals surface area contributed by atoms with E-state index >= 15 is 0 Å². The Hall–Kier alpha value is -3.17. The van der Waals surface area contributed by atoms with E-state index in [4.69, 9.17) is 11.5 Å². The Morgan fingerprint density at radius 1 is 1.29 bits per heavy atom. The lowest BCUT2D eigenvalue weighted by Crippen LogP contribution is -2.21. The normalized spacial score (nSPS) is 11.1. The molecule has 0 aliphatic carbocycles. The summed E-state index contributed by atoms with van der Waals surface area (Å²) >= 11 is 0. The lowest BCUT2D eigenvalue weighted by atomic mass is 10.1. The van der Waals surface area contributed by atoms with Crippen molar-refractivity contribution >= 4 is 28.9 Å². The smallest absolute Gasteiger partial charge is 0.328 e. The van der Waals surface area contributed by atoms with Crippen molar-refractivity contribution in [2.75, 3.05) is 0 Å². The van der Waals surface area contributed by atoms with Gasteiger partial charge >= 0.3 is 5.69 Å². The molecule has 10 nitrogen and oxygen atoms in total. The van der Waals surface area contributed by atoms with Crippen molar-refractivity contribution in [1.82, 2.24) is 9.13 Å². The van der Waals surface area contributed by atoms with E-state index in [1.807, 2.05) is 0 Å². The molecule has 1 heterocycles. The van der Waals surface area contributed by atoms with Crippen LogP contribution < -0.4 is 17.2 Å². The number of nitrogens with zero attached hydrogens (tertiary/aromatic N) is 5. The van der Waals surface area contributed by atoms with Crippen molar-refractivity contribution in [2.24, 2.45) is 35.8 Å². The van der Waals surface area contributed by atoms with E-state index in [0.717, 1.165) is 6.21 Å². The fraction of sp³-hybridized carbons (Fsp3) is 0.182. The molecule has 0 atom stereocenters. The van der Waals surface area contributed by atoms with Gasteiger partial charge in [0.2, 0.25) is 5.96 Å². The summed E-state index contributed by atoms with van der Waals surface area (Å²) in [5.41, 5.74) is 11.0. The number of nitro groups is 1. The Labute approximate surface area is 118 Å². The molecule has 1 aromatic heterocycles. The van der Waals surface area contributed by atoms with Crippen molar-refractivity contribution in [3.8, 4) is 0 Å². The maximum Gasteiger partial charge on any atom is 0.328 e. The van der Waals surface area contributed by atoms with Crippen molar-refractivity contribution in [1.29, 1.82) is 0 Å². The average molecular weight is 291 g/mol. The minimum atomic E-state index is -0.562. The van der Waals surface area contributed by atoms with Gasteiger partial charge in [-0.1, -0.05) is 0 Å². The highest BCUT2D eigenvalue weighted by atomic mass is 16.6. The zero-order chi connectivity index (χ0) is 15.7. The van der Waals surface area contributed by atoms with E-state index in [0.29, 0.717) is 11.0 Å². The van der Waals surface area contributed by atoms with Gasteiger partial charge in [-0.25, -0.2) is 4.79 Å². The molecule has 2 aromatic rings. The molecule has 0 bridgehead atoms. The maximum atomic E-state index is 11.9. The quantitative estimate of drug-likeness (QED) is 0.335. The van der Waals surface area contributed by atoms with Crippen LogP contribution in [0.2, 0.25) is 0 Å². The van der Waals surface area contributed by atoms with Crippen LogP contribution in [-0.2, 0) is 14.1 Å². The Morgan fingerprint density at radius 3 is 2.38 bits per heavy atom. The second-order valence-corrected chi connectivity index (χ2v) is 4.33. The molecule has 4 N–H and O–H groups in total. The summed E-state index contributed by atoms with van der Waals surface area (Å²) in [6.45, 7) is 0. The van der Waals surface area contributed by atoms with Gasteiger partial charge in [0.1, 0.15) is 0 Å². The third-order valence-corrected chi connectivity index (χ3v) is 2.99. The standard InChI is InChI=1S/C11H13N7O3/c1-16-8-3-6(5-14-15-10(12)13)7(18(20)21)4-9(8)17(2)11(16)19/h3-5H,1-2H3,(H4,12,13,15). The molecule has 1 aromatic carbocycles. The summed E-state index contributed by atoms with van der Waals surface area (Å²) in [6, 6.07) is 2.80. The maximum absolute atomic E-state index is 11.9. The Bertz CT molecular complexity index is 840. The van der Waals surface area contributed by atoms with E-state index < -0.39 is 4.92 Å². The van der Waals surface area contributed by atoms with Crippen LogP contribution in [0.4, 0.5) is 5.69 Å². The van der Waals surface area contributed by atoms with Gasteiger partial charge in [0.25, 0.3) is 5.69 Å². The highest BCUT2D eigenvalue weighted by Gasteiger charge is 2.18. The number of guanidine groups is 1. The summed E-state index contributed by atoms with van der Waals surface area (Å²) in [4.78, 5) is 22.4. The number of fused-ring (bicyclic) bond motifs is 1. The number of rotatable bonds is 3. The molecule has 0 unspecified atom stereocenters. The predicted octanol–water partition coefficient (Wildman–Crippen LogP) is -0.608. The van der Waals surface area contributed by atoms with E-state index in [1.54, 1.807) is 14.1 Å². The highest BCUT2D eigenvalue weighted by molar-refractivity contribution is 5.93. The van der Waals surface area contributed by atoms with Gasteiger partial charge in [-0.3, -0.25) is 19.2 Å². The van der Waals surface area contributed by atoms with Crippen molar-refractivity contribution in [2.45, 2.75) is 0 Å². The zero-order valence-electron chi connectivity index (χ0n) is 11.3. The molecule has 110 valence electrons. The number of hydrogen-bond acceptors (Lipinski definition) is 5. The number of benzene rings is 1. The van der Waals surface area contributed by atoms with E-state index in [2.05, 4.69) is 10.2 Å². The molecule has 0 aliphatic rings. The van der Waals surface area contributed by atoms with Crippen LogP contribution in [0.5, 0.6) is 0 Å². The second kappa shape index (κ2) is 5.07. The van der Waals surface area contributed by atoms with Crippen LogP contribution in [0.1, 0.15) is 5.56 Å². The molecule has 2 rings (SSSR count). The molecule has 10 heteroatoms. The minimum Gasteiger partial charge on any atom is -0.369 e. The monoisotopic (exact) mass is 291 g/mol. The third-order valence-electron chi connectivity index (χ3n) is 2.99. The van der Waals surface area contributed by atoms with Crippen LogP contribution in [0.3, 0.4) is 0 Å². The van der Waals surface area contributed by atoms with Gasteiger partial charge in [-0.05, 0) is 6.07 Å². The van der Waals surface area contributed by atoms with Gasteiger partial charge in [0.05, 0.1) is 27.7 Å². The SMILES string of the molecule is Cn1c(=O)n(C)c2cc([N+](=O)[O-])c(C=NN=C(N)N)cc21.